The molecule has 0 aliphatic carbocycles. The molecule has 2 amide bonds. The molecule has 0 aromatic heterocycles. The molecule has 0 saturated heterocycles. The van der Waals surface area contributed by atoms with E-state index < -0.39 is 5.82 Å². The van der Waals surface area contributed by atoms with E-state index in [-0.39, 0.29) is 11.8 Å². The summed E-state index contributed by atoms with van der Waals surface area (Å²) in [4.78, 5) is 24.3. The van der Waals surface area contributed by atoms with Gasteiger partial charge >= 0.3 is 0 Å². The molecule has 0 N–H and O–H groups in total. The van der Waals surface area contributed by atoms with Crippen LogP contribution in [0.4, 0.5) is 10.1 Å². The first-order valence-electron chi connectivity index (χ1n) is 4.52. The summed E-state index contributed by atoms with van der Waals surface area (Å²) in [6.45, 7) is 1.58. The van der Waals surface area contributed by atoms with Crippen molar-refractivity contribution >= 4 is 40.1 Å². The second kappa shape index (κ2) is 3.97. The van der Waals surface area contributed by atoms with E-state index >= 15 is 0 Å². The number of carbonyl (C=O) groups excluding carboxylic acids is 2. The van der Waals surface area contributed by atoms with E-state index in [0.29, 0.717) is 14.8 Å². The Kier molecular flexibility index (Phi) is 2.79. The lowest BCUT2D eigenvalue weighted by Crippen LogP contribution is -2.31. The van der Waals surface area contributed by atoms with E-state index in [1.54, 1.807) is 6.92 Å². The van der Waals surface area contributed by atoms with Crippen LogP contribution in [-0.2, 0) is 9.59 Å². The van der Waals surface area contributed by atoms with Crippen LogP contribution in [0.25, 0.3) is 0 Å². The van der Waals surface area contributed by atoms with Crippen molar-refractivity contribution in [1.29, 1.82) is 0 Å². The second-order valence-corrected chi connectivity index (χ2v) is 4.56. The first-order valence-corrected chi connectivity index (χ1v) is 5.60. The number of hydrogen-bond acceptors (Lipinski definition) is 2. The Morgan fingerprint density at radius 2 is 2.00 bits per heavy atom. The zero-order valence-electron chi connectivity index (χ0n) is 8.33. The summed E-state index contributed by atoms with van der Waals surface area (Å²) < 4.78 is 13.4. The highest BCUT2D eigenvalue weighted by atomic mass is 127. The van der Waals surface area contributed by atoms with Gasteiger partial charge in [0.25, 0.3) is 11.8 Å². The number of amides is 2. The summed E-state index contributed by atoms with van der Waals surface area (Å²) in [5.41, 5.74) is 0.815. The van der Waals surface area contributed by atoms with E-state index in [1.165, 1.54) is 24.3 Å². The number of imide groups is 1. The highest BCUT2D eigenvalue weighted by molar-refractivity contribution is 14.1. The number of carbonyl (C=O) groups is 2. The molecule has 1 aromatic carbocycles. The Bertz CT molecular complexity index is 525. The summed E-state index contributed by atoms with van der Waals surface area (Å²) in [5, 5.41) is 0. The van der Waals surface area contributed by atoms with Crippen LogP contribution >= 0.6 is 22.6 Å². The van der Waals surface area contributed by atoms with Gasteiger partial charge in [-0.25, -0.2) is 9.29 Å². The summed E-state index contributed by atoms with van der Waals surface area (Å²) in [7, 11) is 0. The molecule has 1 aromatic rings. The SMILES string of the molecule is CC1=CC(=O)N(c2ccc(F)cc2I)C1=O. The monoisotopic (exact) mass is 331 g/mol. The number of hydrogen-bond donors (Lipinski definition) is 0. The smallest absolute Gasteiger partial charge is 0.261 e. The maximum absolute atomic E-state index is 12.9. The lowest BCUT2D eigenvalue weighted by Gasteiger charge is -2.16. The lowest BCUT2D eigenvalue weighted by molar-refractivity contribution is -0.120. The van der Waals surface area contributed by atoms with Crippen molar-refractivity contribution in [2.75, 3.05) is 4.90 Å². The Hall–Kier alpha value is -1.24. The molecule has 1 aliphatic heterocycles. The molecule has 0 atom stereocenters. The second-order valence-electron chi connectivity index (χ2n) is 3.40. The quantitative estimate of drug-likeness (QED) is 0.585. The van der Waals surface area contributed by atoms with Crippen LogP contribution in [0, 0.1) is 9.39 Å². The average Bonchev–Trinajstić information content (AvgIpc) is 2.43. The van der Waals surface area contributed by atoms with E-state index in [0.717, 1.165) is 4.90 Å². The molecular weight excluding hydrogens is 324 g/mol. The molecule has 16 heavy (non-hydrogen) atoms. The molecule has 0 unspecified atom stereocenters. The van der Waals surface area contributed by atoms with Crippen molar-refractivity contribution in [1.82, 2.24) is 0 Å². The molecule has 82 valence electrons. The molecular formula is C11H7FINO2. The van der Waals surface area contributed by atoms with Crippen LogP contribution in [0.15, 0.2) is 29.8 Å². The summed E-state index contributed by atoms with van der Waals surface area (Å²) in [5.74, 6) is -1.13. The van der Waals surface area contributed by atoms with E-state index in [2.05, 4.69) is 0 Å². The maximum atomic E-state index is 12.9. The minimum Gasteiger partial charge on any atom is -0.269 e. The van der Waals surface area contributed by atoms with Crippen molar-refractivity contribution in [3.63, 3.8) is 0 Å². The van der Waals surface area contributed by atoms with Gasteiger partial charge in [0.2, 0.25) is 0 Å². The topological polar surface area (TPSA) is 37.4 Å². The molecule has 5 heteroatoms. The molecule has 2 rings (SSSR count). The minimum atomic E-state index is -0.392. The van der Waals surface area contributed by atoms with Crippen molar-refractivity contribution in [3.05, 3.63) is 39.2 Å². The highest BCUT2D eigenvalue weighted by Gasteiger charge is 2.30. The largest absolute Gasteiger partial charge is 0.269 e. The fraction of sp³-hybridized carbons (Fsp3) is 0.0909. The Morgan fingerprint density at radius 1 is 1.31 bits per heavy atom. The van der Waals surface area contributed by atoms with Gasteiger partial charge in [0.05, 0.1) is 5.69 Å². The summed E-state index contributed by atoms with van der Waals surface area (Å²) in [6, 6.07) is 3.94. The highest BCUT2D eigenvalue weighted by Crippen LogP contribution is 2.27. The van der Waals surface area contributed by atoms with Crippen LogP contribution in [0.3, 0.4) is 0 Å². The zero-order chi connectivity index (χ0) is 11.9. The van der Waals surface area contributed by atoms with Gasteiger partial charge < -0.3 is 0 Å². The first-order chi connectivity index (χ1) is 7.50. The van der Waals surface area contributed by atoms with Gasteiger partial charge in [-0.3, -0.25) is 9.59 Å². The van der Waals surface area contributed by atoms with Gasteiger partial charge in [-0.2, -0.15) is 0 Å². The van der Waals surface area contributed by atoms with Gasteiger partial charge in [0.1, 0.15) is 5.82 Å². The fourth-order valence-electron chi connectivity index (χ4n) is 1.48. The molecule has 1 heterocycles. The number of benzene rings is 1. The fourth-order valence-corrected chi connectivity index (χ4v) is 2.20. The molecule has 0 spiro atoms. The zero-order valence-corrected chi connectivity index (χ0v) is 10.5. The first kappa shape index (κ1) is 11.3. The van der Waals surface area contributed by atoms with Crippen molar-refractivity contribution < 1.29 is 14.0 Å². The number of halogens is 2. The lowest BCUT2D eigenvalue weighted by atomic mass is 10.2. The van der Waals surface area contributed by atoms with Crippen LogP contribution in [0.5, 0.6) is 0 Å². The van der Waals surface area contributed by atoms with E-state index in [1.807, 2.05) is 22.6 Å². The van der Waals surface area contributed by atoms with Gasteiger partial charge in [-0.15, -0.1) is 0 Å². The van der Waals surface area contributed by atoms with Crippen LogP contribution in [0.1, 0.15) is 6.92 Å². The van der Waals surface area contributed by atoms with E-state index in [4.69, 9.17) is 0 Å². The predicted molar refractivity (Wildman–Crippen MR) is 65.4 cm³/mol. The Morgan fingerprint density at radius 3 is 2.50 bits per heavy atom. The molecule has 0 fully saturated rings. The van der Waals surface area contributed by atoms with Crippen molar-refractivity contribution in [2.24, 2.45) is 0 Å². The third-order valence-electron chi connectivity index (χ3n) is 2.25. The predicted octanol–water partition coefficient (Wildman–Crippen LogP) is 2.25. The minimum absolute atomic E-state index is 0.352. The number of rotatable bonds is 1. The Balaban J connectivity index is 2.47. The molecule has 1 aliphatic rings. The van der Waals surface area contributed by atoms with Crippen molar-refractivity contribution in [3.8, 4) is 0 Å². The normalized spacial score (nSPS) is 15.7. The Labute approximate surface area is 105 Å². The summed E-state index contributed by atoms with van der Waals surface area (Å²) in [6.07, 6.45) is 1.28. The van der Waals surface area contributed by atoms with Crippen molar-refractivity contribution in [2.45, 2.75) is 6.92 Å². The molecule has 3 nitrogen and oxygen atoms in total. The van der Waals surface area contributed by atoms with Crippen LogP contribution < -0.4 is 4.90 Å². The third kappa shape index (κ3) is 1.75. The van der Waals surface area contributed by atoms with Gasteiger partial charge in [-0.05, 0) is 47.7 Å². The number of anilines is 1. The van der Waals surface area contributed by atoms with Crippen LogP contribution in [-0.4, -0.2) is 11.8 Å². The van der Waals surface area contributed by atoms with Gasteiger partial charge in [-0.1, -0.05) is 0 Å². The van der Waals surface area contributed by atoms with Crippen LogP contribution in [0.2, 0.25) is 0 Å². The molecule has 0 bridgehead atoms. The average molecular weight is 331 g/mol. The van der Waals surface area contributed by atoms with Gasteiger partial charge in [0, 0.05) is 15.2 Å². The number of nitrogens with zero attached hydrogens (tertiary/aromatic N) is 1. The standard InChI is InChI=1S/C11H7FINO2/c1-6-4-10(15)14(11(6)16)9-3-2-7(12)5-8(9)13/h2-5H,1H3. The van der Waals surface area contributed by atoms with Gasteiger partial charge in [0.15, 0.2) is 0 Å². The molecule has 0 saturated carbocycles. The molecule has 0 radical (unpaired) electrons. The van der Waals surface area contributed by atoms with E-state index in [9.17, 15) is 14.0 Å². The maximum Gasteiger partial charge on any atom is 0.261 e. The summed E-state index contributed by atoms with van der Waals surface area (Å²) >= 11 is 1.89. The third-order valence-corrected chi connectivity index (χ3v) is 3.12.